The van der Waals surface area contributed by atoms with Crippen molar-refractivity contribution in [1.29, 1.82) is 0 Å². The Kier molecular flexibility index (Phi) is 5.89. The van der Waals surface area contributed by atoms with Gasteiger partial charge in [-0.1, -0.05) is 37.3 Å². The van der Waals surface area contributed by atoms with Crippen molar-refractivity contribution >= 4 is 17.2 Å². The van der Waals surface area contributed by atoms with Crippen LogP contribution in [0.4, 0.5) is 0 Å². The number of thiophene rings is 1. The normalized spacial score (nSPS) is 12.1. The zero-order chi connectivity index (χ0) is 18.5. The summed E-state index contributed by atoms with van der Waals surface area (Å²) < 4.78 is 1.99. The first-order valence-electron chi connectivity index (χ1n) is 9.01. The molecule has 0 aliphatic heterocycles. The fourth-order valence-corrected chi connectivity index (χ4v) is 4.05. The molecule has 2 heterocycles. The van der Waals surface area contributed by atoms with Gasteiger partial charge in [-0.25, -0.2) is 0 Å². The number of amides is 1. The quantitative estimate of drug-likeness (QED) is 0.666. The van der Waals surface area contributed by atoms with Crippen LogP contribution in [-0.4, -0.2) is 22.2 Å². The smallest absolute Gasteiger partial charge is 0.227 e. The first-order chi connectivity index (χ1) is 12.6. The first-order valence-corrected chi connectivity index (χ1v) is 9.95. The Balaban J connectivity index is 1.63. The molecule has 0 radical (unpaired) electrons. The maximum absolute atomic E-state index is 12.6. The highest BCUT2D eigenvalue weighted by molar-refractivity contribution is 7.08. The number of benzene rings is 1. The third kappa shape index (κ3) is 3.88. The lowest BCUT2D eigenvalue weighted by atomic mass is 9.96. The Morgan fingerprint density at radius 1 is 1.23 bits per heavy atom. The van der Waals surface area contributed by atoms with Gasteiger partial charge in [0.2, 0.25) is 5.91 Å². The van der Waals surface area contributed by atoms with E-state index in [2.05, 4.69) is 34.2 Å². The fourth-order valence-electron chi connectivity index (χ4n) is 3.41. The summed E-state index contributed by atoms with van der Waals surface area (Å²) in [5, 5.41) is 12.0. The molecule has 0 spiro atoms. The number of carbonyl (C=O) groups excluding carboxylic acids is 1. The van der Waals surface area contributed by atoms with Crippen molar-refractivity contribution in [2.45, 2.75) is 39.7 Å². The van der Waals surface area contributed by atoms with E-state index in [-0.39, 0.29) is 11.8 Å². The molecule has 0 bridgehead atoms. The molecular formula is C21H25N3OS. The molecule has 26 heavy (non-hydrogen) atoms. The minimum Gasteiger partial charge on any atom is -0.354 e. The Morgan fingerprint density at radius 2 is 2.00 bits per heavy atom. The van der Waals surface area contributed by atoms with E-state index < -0.39 is 0 Å². The molecule has 136 valence electrons. The van der Waals surface area contributed by atoms with Crippen LogP contribution in [0.1, 0.15) is 36.2 Å². The van der Waals surface area contributed by atoms with Crippen molar-refractivity contribution < 1.29 is 4.79 Å². The maximum Gasteiger partial charge on any atom is 0.227 e. The van der Waals surface area contributed by atoms with Crippen LogP contribution in [0.25, 0.3) is 11.1 Å². The van der Waals surface area contributed by atoms with E-state index in [9.17, 15) is 4.79 Å². The SMILES string of the molecule is CCC(C(=O)NCCn1nc(C)c(-c2ccsc2)c1C)c1ccccc1. The van der Waals surface area contributed by atoms with Crippen molar-refractivity contribution in [3.63, 3.8) is 0 Å². The monoisotopic (exact) mass is 367 g/mol. The molecule has 0 aliphatic carbocycles. The number of hydrogen-bond donors (Lipinski definition) is 1. The first kappa shape index (κ1) is 18.4. The van der Waals surface area contributed by atoms with Crippen molar-refractivity contribution in [3.05, 3.63) is 64.1 Å². The molecule has 2 aromatic heterocycles. The summed E-state index contributed by atoms with van der Waals surface area (Å²) in [5.41, 5.74) is 5.66. The number of carbonyl (C=O) groups is 1. The summed E-state index contributed by atoms with van der Waals surface area (Å²) >= 11 is 1.69. The molecule has 1 unspecified atom stereocenters. The zero-order valence-corrected chi connectivity index (χ0v) is 16.3. The molecular weight excluding hydrogens is 342 g/mol. The third-order valence-corrected chi connectivity index (χ3v) is 5.42. The Hall–Kier alpha value is -2.40. The Bertz CT molecular complexity index is 853. The number of nitrogens with one attached hydrogen (secondary N) is 1. The van der Waals surface area contributed by atoms with Gasteiger partial charge in [0, 0.05) is 17.8 Å². The molecule has 1 amide bonds. The molecule has 0 saturated carbocycles. The second kappa shape index (κ2) is 8.32. The lowest BCUT2D eigenvalue weighted by Gasteiger charge is -2.15. The van der Waals surface area contributed by atoms with E-state index in [1.54, 1.807) is 11.3 Å². The van der Waals surface area contributed by atoms with Crippen molar-refractivity contribution in [2.75, 3.05) is 6.54 Å². The van der Waals surface area contributed by atoms with Crippen molar-refractivity contribution in [2.24, 2.45) is 0 Å². The van der Waals surface area contributed by atoms with Gasteiger partial charge >= 0.3 is 0 Å². The van der Waals surface area contributed by atoms with Gasteiger partial charge in [-0.2, -0.15) is 16.4 Å². The summed E-state index contributed by atoms with van der Waals surface area (Å²) in [7, 11) is 0. The molecule has 0 saturated heterocycles. The molecule has 3 rings (SSSR count). The summed E-state index contributed by atoms with van der Waals surface area (Å²) in [6.07, 6.45) is 0.790. The van der Waals surface area contributed by atoms with Crippen LogP contribution in [0.5, 0.6) is 0 Å². The molecule has 0 fully saturated rings. The summed E-state index contributed by atoms with van der Waals surface area (Å²) in [4.78, 5) is 12.6. The van der Waals surface area contributed by atoms with Crippen LogP contribution in [-0.2, 0) is 11.3 Å². The molecule has 5 heteroatoms. The average Bonchev–Trinajstić information content (AvgIpc) is 3.25. The molecule has 1 N–H and O–H groups in total. The van der Waals surface area contributed by atoms with Gasteiger partial charge in [-0.05, 0) is 48.2 Å². The number of hydrogen-bond acceptors (Lipinski definition) is 3. The Morgan fingerprint density at radius 3 is 2.65 bits per heavy atom. The highest BCUT2D eigenvalue weighted by Crippen LogP contribution is 2.28. The molecule has 1 aromatic carbocycles. The van der Waals surface area contributed by atoms with Crippen LogP contribution in [0.3, 0.4) is 0 Å². The third-order valence-electron chi connectivity index (χ3n) is 4.74. The van der Waals surface area contributed by atoms with Gasteiger partial charge in [0.15, 0.2) is 0 Å². The predicted molar refractivity (Wildman–Crippen MR) is 107 cm³/mol. The molecule has 1 atom stereocenters. The topological polar surface area (TPSA) is 46.9 Å². The average molecular weight is 368 g/mol. The molecule has 0 aliphatic rings. The second-order valence-electron chi connectivity index (χ2n) is 6.44. The summed E-state index contributed by atoms with van der Waals surface area (Å²) in [6, 6.07) is 12.1. The maximum atomic E-state index is 12.6. The van der Waals surface area contributed by atoms with Crippen molar-refractivity contribution in [1.82, 2.24) is 15.1 Å². The number of rotatable bonds is 7. The van der Waals surface area contributed by atoms with E-state index in [0.29, 0.717) is 13.1 Å². The summed E-state index contributed by atoms with van der Waals surface area (Å²) in [5.74, 6) is -0.0173. The lowest BCUT2D eigenvalue weighted by Crippen LogP contribution is -2.32. The summed E-state index contributed by atoms with van der Waals surface area (Å²) in [6.45, 7) is 7.43. The van der Waals surface area contributed by atoms with Gasteiger partial charge in [-0.15, -0.1) is 0 Å². The molecule has 4 nitrogen and oxygen atoms in total. The van der Waals surface area contributed by atoms with Gasteiger partial charge in [-0.3, -0.25) is 9.48 Å². The number of nitrogens with zero attached hydrogens (tertiary/aromatic N) is 2. The fraction of sp³-hybridized carbons (Fsp3) is 0.333. The van der Waals surface area contributed by atoms with Crippen LogP contribution in [0, 0.1) is 13.8 Å². The van der Waals surface area contributed by atoms with Crippen LogP contribution in [0.2, 0.25) is 0 Å². The van der Waals surface area contributed by atoms with Gasteiger partial charge in [0.05, 0.1) is 18.2 Å². The minimum absolute atomic E-state index is 0.0817. The van der Waals surface area contributed by atoms with Gasteiger partial charge < -0.3 is 5.32 Å². The lowest BCUT2D eigenvalue weighted by molar-refractivity contribution is -0.122. The standard InChI is InChI=1S/C21H25N3OS/c1-4-19(17-8-6-5-7-9-17)21(25)22-11-12-24-16(3)20(15(2)23-24)18-10-13-26-14-18/h5-10,13-14,19H,4,11-12H2,1-3H3,(H,22,25). The van der Waals surface area contributed by atoms with E-state index in [4.69, 9.17) is 0 Å². The molecule has 3 aromatic rings. The zero-order valence-electron chi connectivity index (χ0n) is 15.5. The number of aryl methyl sites for hydroxylation is 1. The number of aromatic nitrogens is 2. The van der Waals surface area contributed by atoms with Crippen LogP contribution < -0.4 is 5.32 Å². The van der Waals surface area contributed by atoms with Crippen molar-refractivity contribution in [3.8, 4) is 11.1 Å². The highest BCUT2D eigenvalue weighted by Gasteiger charge is 2.18. The second-order valence-corrected chi connectivity index (χ2v) is 7.22. The van der Waals surface area contributed by atoms with Crippen LogP contribution in [0.15, 0.2) is 47.2 Å². The van der Waals surface area contributed by atoms with E-state index in [0.717, 1.165) is 23.4 Å². The van der Waals surface area contributed by atoms with Gasteiger partial charge in [0.25, 0.3) is 0 Å². The van der Waals surface area contributed by atoms with E-state index in [1.807, 2.05) is 48.9 Å². The van der Waals surface area contributed by atoms with E-state index in [1.165, 1.54) is 11.1 Å². The Labute approximate surface area is 158 Å². The predicted octanol–water partition coefficient (Wildman–Crippen LogP) is 4.54. The largest absolute Gasteiger partial charge is 0.354 e. The van der Waals surface area contributed by atoms with Gasteiger partial charge in [0.1, 0.15) is 0 Å². The minimum atomic E-state index is -0.0991. The van der Waals surface area contributed by atoms with E-state index >= 15 is 0 Å². The van der Waals surface area contributed by atoms with Crippen LogP contribution >= 0.6 is 11.3 Å². The highest BCUT2D eigenvalue weighted by atomic mass is 32.1.